The van der Waals surface area contributed by atoms with Crippen LogP contribution in [0.15, 0.2) is 18.3 Å². The van der Waals surface area contributed by atoms with Gasteiger partial charge in [-0.15, -0.1) is 0 Å². The maximum absolute atomic E-state index is 6.02. The second kappa shape index (κ2) is 4.40. The summed E-state index contributed by atoms with van der Waals surface area (Å²) in [7, 11) is 0. The Morgan fingerprint density at radius 2 is 2.40 bits per heavy atom. The van der Waals surface area contributed by atoms with Gasteiger partial charge in [0.15, 0.2) is 5.65 Å². The lowest BCUT2D eigenvalue weighted by atomic mass is 10.1. The molecule has 4 nitrogen and oxygen atoms in total. The second-order valence-electron chi connectivity index (χ2n) is 3.75. The van der Waals surface area contributed by atoms with Crippen molar-refractivity contribution in [2.24, 2.45) is 5.73 Å². The normalized spacial score (nSPS) is 13.2. The molecule has 0 saturated heterocycles. The van der Waals surface area contributed by atoms with Crippen molar-refractivity contribution in [3.8, 4) is 0 Å². The van der Waals surface area contributed by atoms with Gasteiger partial charge in [-0.1, -0.05) is 19.8 Å². The number of unbranched alkanes of at least 4 members (excludes halogenated alkanes) is 1. The van der Waals surface area contributed by atoms with Crippen LogP contribution in [0, 0.1) is 0 Å². The smallest absolute Gasteiger partial charge is 0.177 e. The number of nitrogens with one attached hydrogen (secondary N) is 1. The Kier molecular flexibility index (Phi) is 2.97. The average Bonchev–Trinajstić information content (AvgIpc) is 2.69. The van der Waals surface area contributed by atoms with Crippen LogP contribution in [-0.4, -0.2) is 15.0 Å². The van der Waals surface area contributed by atoms with Gasteiger partial charge < -0.3 is 10.7 Å². The van der Waals surface area contributed by atoms with Crippen LogP contribution in [0.5, 0.6) is 0 Å². The predicted molar refractivity (Wildman–Crippen MR) is 60.3 cm³/mol. The largest absolute Gasteiger partial charge is 0.339 e. The van der Waals surface area contributed by atoms with E-state index in [4.69, 9.17) is 5.73 Å². The minimum absolute atomic E-state index is 0.000787. The van der Waals surface area contributed by atoms with Crippen molar-refractivity contribution in [1.82, 2.24) is 15.0 Å². The predicted octanol–water partition coefficient (Wildman–Crippen LogP) is 2.15. The summed E-state index contributed by atoms with van der Waals surface area (Å²) in [4.78, 5) is 11.7. The summed E-state index contributed by atoms with van der Waals surface area (Å²) in [5.41, 5.74) is 7.73. The summed E-state index contributed by atoms with van der Waals surface area (Å²) in [5, 5.41) is 0. The summed E-state index contributed by atoms with van der Waals surface area (Å²) in [6.07, 6.45) is 5.00. The molecule has 0 bridgehead atoms. The van der Waals surface area contributed by atoms with Crippen LogP contribution in [0.2, 0.25) is 0 Å². The van der Waals surface area contributed by atoms with Crippen LogP contribution in [0.3, 0.4) is 0 Å². The van der Waals surface area contributed by atoms with Crippen LogP contribution >= 0.6 is 0 Å². The minimum atomic E-state index is -0.000787. The molecule has 0 aliphatic heterocycles. The third-order valence-corrected chi connectivity index (χ3v) is 2.50. The van der Waals surface area contributed by atoms with Gasteiger partial charge in [0.05, 0.1) is 11.6 Å². The quantitative estimate of drug-likeness (QED) is 0.801. The molecule has 1 atom stereocenters. The van der Waals surface area contributed by atoms with Crippen molar-refractivity contribution in [3.63, 3.8) is 0 Å². The maximum Gasteiger partial charge on any atom is 0.177 e. The van der Waals surface area contributed by atoms with Crippen molar-refractivity contribution < 1.29 is 0 Å². The molecule has 15 heavy (non-hydrogen) atoms. The lowest BCUT2D eigenvalue weighted by Gasteiger charge is -2.06. The molecular formula is C11H16N4. The molecule has 0 radical (unpaired) electrons. The zero-order valence-electron chi connectivity index (χ0n) is 8.90. The number of hydrogen-bond donors (Lipinski definition) is 2. The fourth-order valence-electron chi connectivity index (χ4n) is 1.60. The van der Waals surface area contributed by atoms with Crippen LogP contribution in [0.1, 0.15) is 38.1 Å². The van der Waals surface area contributed by atoms with E-state index in [-0.39, 0.29) is 6.04 Å². The number of rotatable bonds is 4. The first-order valence-electron chi connectivity index (χ1n) is 5.37. The number of pyridine rings is 1. The Bertz CT molecular complexity index is 402. The molecule has 0 spiro atoms. The van der Waals surface area contributed by atoms with E-state index >= 15 is 0 Å². The molecule has 0 fully saturated rings. The Morgan fingerprint density at radius 3 is 3.13 bits per heavy atom. The first-order valence-corrected chi connectivity index (χ1v) is 5.37. The first kappa shape index (κ1) is 10.1. The zero-order valence-corrected chi connectivity index (χ0v) is 8.90. The van der Waals surface area contributed by atoms with E-state index in [0.717, 1.165) is 36.3 Å². The summed E-state index contributed by atoms with van der Waals surface area (Å²) >= 11 is 0. The van der Waals surface area contributed by atoms with E-state index in [1.165, 1.54) is 0 Å². The summed E-state index contributed by atoms with van der Waals surface area (Å²) < 4.78 is 0. The van der Waals surface area contributed by atoms with Gasteiger partial charge >= 0.3 is 0 Å². The number of imidazole rings is 1. The SMILES string of the molecule is CCCCC(N)c1nc2ncccc2[nH]1. The second-order valence-corrected chi connectivity index (χ2v) is 3.75. The lowest BCUT2D eigenvalue weighted by molar-refractivity contribution is 0.581. The summed E-state index contributed by atoms with van der Waals surface area (Å²) in [6, 6.07) is 3.85. The molecule has 0 aliphatic carbocycles. The minimum Gasteiger partial charge on any atom is -0.339 e. The summed E-state index contributed by atoms with van der Waals surface area (Å²) in [5.74, 6) is 0.845. The van der Waals surface area contributed by atoms with Crippen LogP contribution in [0.25, 0.3) is 11.2 Å². The van der Waals surface area contributed by atoms with Gasteiger partial charge in [-0.25, -0.2) is 9.97 Å². The van der Waals surface area contributed by atoms with Crippen molar-refractivity contribution >= 4 is 11.2 Å². The molecule has 0 aliphatic rings. The Balaban J connectivity index is 2.20. The van der Waals surface area contributed by atoms with Gasteiger partial charge in [0.2, 0.25) is 0 Å². The summed E-state index contributed by atoms with van der Waals surface area (Å²) in [6.45, 7) is 2.16. The van der Waals surface area contributed by atoms with Crippen molar-refractivity contribution in [2.45, 2.75) is 32.2 Å². The number of aromatic amines is 1. The fraction of sp³-hybridized carbons (Fsp3) is 0.455. The topological polar surface area (TPSA) is 67.6 Å². The van der Waals surface area contributed by atoms with Crippen molar-refractivity contribution in [3.05, 3.63) is 24.2 Å². The molecule has 80 valence electrons. The Morgan fingerprint density at radius 1 is 1.53 bits per heavy atom. The first-order chi connectivity index (χ1) is 7.31. The van der Waals surface area contributed by atoms with E-state index in [9.17, 15) is 0 Å². The molecule has 3 N–H and O–H groups in total. The average molecular weight is 204 g/mol. The highest BCUT2D eigenvalue weighted by Gasteiger charge is 2.10. The van der Waals surface area contributed by atoms with Gasteiger partial charge in [0.25, 0.3) is 0 Å². The van der Waals surface area contributed by atoms with Gasteiger partial charge in [-0.3, -0.25) is 0 Å². The van der Waals surface area contributed by atoms with Crippen LogP contribution < -0.4 is 5.73 Å². The van der Waals surface area contributed by atoms with Gasteiger partial charge in [-0.05, 0) is 18.6 Å². The molecule has 4 heteroatoms. The fourth-order valence-corrected chi connectivity index (χ4v) is 1.60. The molecule has 0 saturated carbocycles. The molecule has 1 unspecified atom stereocenters. The zero-order chi connectivity index (χ0) is 10.7. The monoisotopic (exact) mass is 204 g/mol. The van der Waals surface area contributed by atoms with Gasteiger partial charge in [0, 0.05) is 6.20 Å². The molecule has 2 aromatic rings. The number of H-pyrrole nitrogens is 1. The molecule has 0 aromatic carbocycles. The highest BCUT2D eigenvalue weighted by molar-refractivity contribution is 5.69. The third-order valence-electron chi connectivity index (χ3n) is 2.50. The number of nitrogens with zero attached hydrogens (tertiary/aromatic N) is 2. The number of fused-ring (bicyclic) bond motifs is 1. The van der Waals surface area contributed by atoms with E-state index in [1.54, 1.807) is 6.20 Å². The number of hydrogen-bond acceptors (Lipinski definition) is 3. The van der Waals surface area contributed by atoms with E-state index in [0.29, 0.717) is 0 Å². The van der Waals surface area contributed by atoms with Crippen LogP contribution in [0.4, 0.5) is 0 Å². The highest BCUT2D eigenvalue weighted by atomic mass is 15.0. The van der Waals surface area contributed by atoms with E-state index in [2.05, 4.69) is 21.9 Å². The number of nitrogens with two attached hydrogens (primary N) is 1. The highest BCUT2D eigenvalue weighted by Crippen LogP contribution is 2.16. The van der Waals surface area contributed by atoms with Gasteiger partial charge in [-0.2, -0.15) is 0 Å². The molecule has 2 heterocycles. The Hall–Kier alpha value is -1.42. The van der Waals surface area contributed by atoms with Gasteiger partial charge in [0.1, 0.15) is 5.82 Å². The number of aromatic nitrogens is 3. The standard InChI is InChI=1S/C11H16N4/c1-2-3-5-8(12)10-14-9-6-4-7-13-11(9)15-10/h4,6-8H,2-3,5,12H2,1H3,(H,13,14,15). The molecular weight excluding hydrogens is 188 g/mol. The Labute approximate surface area is 88.9 Å². The van der Waals surface area contributed by atoms with Crippen molar-refractivity contribution in [1.29, 1.82) is 0 Å². The van der Waals surface area contributed by atoms with Crippen molar-refractivity contribution in [2.75, 3.05) is 0 Å². The molecule has 2 aromatic heterocycles. The van der Waals surface area contributed by atoms with Crippen LogP contribution in [-0.2, 0) is 0 Å². The molecule has 0 amide bonds. The van der Waals surface area contributed by atoms with E-state index < -0.39 is 0 Å². The van der Waals surface area contributed by atoms with E-state index in [1.807, 2.05) is 12.1 Å². The maximum atomic E-state index is 6.02. The lowest BCUT2D eigenvalue weighted by Crippen LogP contribution is -2.11. The molecule has 2 rings (SSSR count). The third kappa shape index (κ3) is 2.15.